The maximum absolute atomic E-state index is 13.0. The van der Waals surface area contributed by atoms with Gasteiger partial charge in [0.05, 0.1) is 6.20 Å². The largest absolute Gasteiger partial charge is 0.354 e. The van der Waals surface area contributed by atoms with E-state index in [1.54, 1.807) is 6.20 Å². The summed E-state index contributed by atoms with van der Waals surface area (Å²) in [6, 6.07) is 1.57. The number of hydrogen-bond donors (Lipinski definition) is 2. The molecule has 100 valence electrons. The van der Waals surface area contributed by atoms with Gasteiger partial charge in [-0.25, -0.2) is 4.39 Å². The second-order valence-electron chi connectivity index (χ2n) is 4.58. The first-order valence-electron chi connectivity index (χ1n) is 6.12. The lowest BCUT2D eigenvalue weighted by Gasteiger charge is -2.14. The summed E-state index contributed by atoms with van der Waals surface area (Å²) in [6.07, 6.45) is 3.20. The molecule has 1 aromatic heterocycles. The van der Waals surface area contributed by atoms with Crippen molar-refractivity contribution in [3.63, 3.8) is 0 Å². The summed E-state index contributed by atoms with van der Waals surface area (Å²) in [5.74, 6) is -0.333. The van der Waals surface area contributed by atoms with E-state index < -0.39 is 0 Å². The molecule has 0 saturated heterocycles. The Morgan fingerprint density at radius 3 is 2.72 bits per heavy atom. The van der Waals surface area contributed by atoms with E-state index >= 15 is 0 Å². The highest BCUT2D eigenvalue weighted by Gasteiger charge is 2.08. The third kappa shape index (κ3) is 5.23. The number of pyridine rings is 1. The molecule has 2 N–H and O–H groups in total. The molecule has 5 heteroatoms. The van der Waals surface area contributed by atoms with E-state index in [9.17, 15) is 9.18 Å². The maximum atomic E-state index is 13.0. The van der Waals surface area contributed by atoms with E-state index in [-0.39, 0.29) is 23.8 Å². The Hall–Kier alpha value is -1.49. The zero-order valence-electron chi connectivity index (χ0n) is 11.0. The van der Waals surface area contributed by atoms with Crippen LogP contribution in [-0.2, 0) is 4.79 Å². The Labute approximate surface area is 107 Å². The second kappa shape index (κ2) is 7.06. The maximum Gasteiger partial charge on any atom is 0.221 e. The van der Waals surface area contributed by atoms with E-state index in [0.717, 1.165) is 5.56 Å². The molecule has 0 aromatic carbocycles. The summed E-state index contributed by atoms with van der Waals surface area (Å²) in [7, 11) is 0. The minimum absolute atomic E-state index is 0.0158. The van der Waals surface area contributed by atoms with Gasteiger partial charge >= 0.3 is 0 Å². The van der Waals surface area contributed by atoms with E-state index in [4.69, 9.17) is 0 Å². The molecule has 1 amide bonds. The lowest BCUT2D eigenvalue weighted by molar-refractivity contribution is -0.121. The average Bonchev–Trinajstić information content (AvgIpc) is 2.27. The topological polar surface area (TPSA) is 54.0 Å². The molecule has 0 radical (unpaired) electrons. The predicted octanol–water partition coefficient (Wildman–Crippen LogP) is 1.79. The predicted molar refractivity (Wildman–Crippen MR) is 68.5 cm³/mol. The summed E-state index contributed by atoms with van der Waals surface area (Å²) in [5.41, 5.74) is 0.777. The van der Waals surface area contributed by atoms with Crippen molar-refractivity contribution >= 4 is 5.91 Å². The van der Waals surface area contributed by atoms with Gasteiger partial charge in [0, 0.05) is 31.2 Å². The van der Waals surface area contributed by atoms with Crippen LogP contribution in [0.3, 0.4) is 0 Å². The highest BCUT2D eigenvalue weighted by molar-refractivity contribution is 5.76. The molecule has 1 heterocycles. The lowest BCUT2D eigenvalue weighted by atomic mass is 10.1. The van der Waals surface area contributed by atoms with Crippen LogP contribution in [0.2, 0.25) is 0 Å². The summed E-state index contributed by atoms with van der Waals surface area (Å²) in [5, 5.41) is 5.98. The van der Waals surface area contributed by atoms with Crippen LogP contribution in [0.5, 0.6) is 0 Å². The van der Waals surface area contributed by atoms with Crippen LogP contribution in [0.4, 0.5) is 4.39 Å². The lowest BCUT2D eigenvalue weighted by Crippen LogP contribution is -2.33. The molecule has 4 nitrogen and oxygen atoms in total. The first-order chi connectivity index (χ1) is 8.49. The monoisotopic (exact) mass is 253 g/mol. The molecular weight excluding hydrogens is 233 g/mol. The number of halogens is 1. The van der Waals surface area contributed by atoms with Crippen molar-refractivity contribution in [1.82, 2.24) is 15.6 Å². The molecule has 0 bridgehead atoms. The van der Waals surface area contributed by atoms with Crippen LogP contribution < -0.4 is 10.6 Å². The van der Waals surface area contributed by atoms with Gasteiger partial charge in [-0.3, -0.25) is 9.78 Å². The van der Waals surface area contributed by atoms with Crippen LogP contribution in [0.25, 0.3) is 0 Å². The molecule has 0 fully saturated rings. The van der Waals surface area contributed by atoms with Gasteiger partial charge in [-0.15, -0.1) is 0 Å². The number of aromatic nitrogens is 1. The number of nitrogens with one attached hydrogen (secondary N) is 2. The van der Waals surface area contributed by atoms with Crippen LogP contribution in [0.15, 0.2) is 18.5 Å². The smallest absolute Gasteiger partial charge is 0.221 e. The van der Waals surface area contributed by atoms with E-state index in [1.165, 1.54) is 12.3 Å². The zero-order chi connectivity index (χ0) is 13.5. The fraction of sp³-hybridized carbons (Fsp3) is 0.538. The summed E-state index contributed by atoms with van der Waals surface area (Å²) in [6.45, 7) is 6.31. The molecule has 0 aliphatic heterocycles. The molecule has 1 unspecified atom stereocenters. The quantitative estimate of drug-likeness (QED) is 0.812. The van der Waals surface area contributed by atoms with Gasteiger partial charge in [-0.1, -0.05) is 0 Å². The molecule has 1 rings (SSSR count). The van der Waals surface area contributed by atoms with E-state index in [0.29, 0.717) is 13.0 Å². The van der Waals surface area contributed by atoms with Crippen LogP contribution in [0.1, 0.15) is 38.8 Å². The highest BCUT2D eigenvalue weighted by atomic mass is 19.1. The Morgan fingerprint density at radius 1 is 1.39 bits per heavy atom. The first-order valence-corrected chi connectivity index (χ1v) is 6.12. The number of carbonyl (C=O) groups excluding carboxylic acids is 1. The van der Waals surface area contributed by atoms with Crippen molar-refractivity contribution in [3.8, 4) is 0 Å². The minimum atomic E-state index is -0.348. The Kier molecular flexibility index (Phi) is 5.71. The van der Waals surface area contributed by atoms with Crippen molar-refractivity contribution in [2.45, 2.75) is 39.3 Å². The second-order valence-corrected chi connectivity index (χ2v) is 4.58. The molecule has 0 aliphatic carbocycles. The van der Waals surface area contributed by atoms with Crippen LogP contribution >= 0.6 is 0 Å². The van der Waals surface area contributed by atoms with Gasteiger partial charge in [-0.2, -0.15) is 0 Å². The first kappa shape index (κ1) is 14.6. The third-order valence-corrected chi connectivity index (χ3v) is 2.48. The van der Waals surface area contributed by atoms with Crippen molar-refractivity contribution in [2.75, 3.05) is 6.54 Å². The zero-order valence-corrected chi connectivity index (χ0v) is 11.0. The van der Waals surface area contributed by atoms with Gasteiger partial charge in [-0.05, 0) is 32.4 Å². The third-order valence-electron chi connectivity index (χ3n) is 2.48. The average molecular weight is 253 g/mol. The SMILES string of the molecule is CC(C)NC(=O)CCNC(C)c1cncc(F)c1. The fourth-order valence-electron chi connectivity index (χ4n) is 1.58. The summed E-state index contributed by atoms with van der Waals surface area (Å²) < 4.78 is 13.0. The Morgan fingerprint density at radius 2 is 2.11 bits per heavy atom. The summed E-state index contributed by atoms with van der Waals surface area (Å²) in [4.78, 5) is 15.2. The van der Waals surface area contributed by atoms with Gasteiger partial charge in [0.1, 0.15) is 5.82 Å². The highest BCUT2D eigenvalue weighted by Crippen LogP contribution is 2.11. The number of carbonyl (C=O) groups is 1. The Bertz CT molecular complexity index is 396. The molecule has 0 spiro atoms. The van der Waals surface area contributed by atoms with E-state index in [1.807, 2.05) is 20.8 Å². The van der Waals surface area contributed by atoms with Gasteiger partial charge in [0.2, 0.25) is 5.91 Å². The van der Waals surface area contributed by atoms with Gasteiger partial charge in [0.15, 0.2) is 0 Å². The van der Waals surface area contributed by atoms with Crippen molar-refractivity contribution in [1.29, 1.82) is 0 Å². The molecule has 0 saturated carbocycles. The molecule has 0 aliphatic rings. The van der Waals surface area contributed by atoms with Crippen LogP contribution in [-0.4, -0.2) is 23.5 Å². The number of hydrogen-bond acceptors (Lipinski definition) is 3. The number of amides is 1. The van der Waals surface area contributed by atoms with Crippen molar-refractivity contribution in [2.24, 2.45) is 0 Å². The van der Waals surface area contributed by atoms with E-state index in [2.05, 4.69) is 15.6 Å². The molecule has 18 heavy (non-hydrogen) atoms. The van der Waals surface area contributed by atoms with Gasteiger partial charge in [0.25, 0.3) is 0 Å². The molecule has 1 atom stereocenters. The standard InChI is InChI=1S/C13H20FN3O/c1-9(2)17-13(18)4-5-16-10(3)11-6-12(14)8-15-7-11/h6-10,16H,4-5H2,1-3H3,(H,17,18). The molecular formula is C13H20FN3O. The van der Waals surface area contributed by atoms with Gasteiger partial charge < -0.3 is 10.6 Å². The van der Waals surface area contributed by atoms with Crippen LogP contribution in [0, 0.1) is 5.82 Å². The number of rotatable bonds is 6. The van der Waals surface area contributed by atoms with Crippen molar-refractivity contribution in [3.05, 3.63) is 29.8 Å². The fourth-order valence-corrected chi connectivity index (χ4v) is 1.58. The number of nitrogens with zero attached hydrogens (tertiary/aromatic N) is 1. The minimum Gasteiger partial charge on any atom is -0.354 e. The van der Waals surface area contributed by atoms with Crippen molar-refractivity contribution < 1.29 is 9.18 Å². The molecule has 1 aromatic rings. The summed E-state index contributed by atoms with van der Waals surface area (Å²) >= 11 is 0. The normalized spacial score (nSPS) is 12.5. The Balaban J connectivity index is 2.33.